The maximum atomic E-state index is 5.82. The van der Waals surface area contributed by atoms with Crippen molar-refractivity contribution in [1.82, 2.24) is 0 Å². The van der Waals surface area contributed by atoms with Crippen LogP contribution >= 0.6 is 0 Å². The lowest BCUT2D eigenvalue weighted by Crippen LogP contribution is -2.24. The van der Waals surface area contributed by atoms with E-state index in [0.29, 0.717) is 157 Å². The van der Waals surface area contributed by atoms with Crippen LogP contribution < -0.4 is 10.5 Å². The van der Waals surface area contributed by atoms with Crippen LogP contribution in [-0.4, -0.2) is 158 Å². The molecule has 2 N–H and O–H groups in total. The second kappa shape index (κ2) is 32.9. The van der Waals surface area contributed by atoms with Gasteiger partial charge in [-0.25, -0.2) is 0 Å². The summed E-state index contributed by atoms with van der Waals surface area (Å²) in [7, 11) is 0. The van der Waals surface area contributed by atoms with E-state index in [1.807, 2.05) is 18.2 Å². The number of nitrogen functional groups attached to an aromatic ring is 1. The number of hydrogen-bond acceptors (Lipinski definition) is 14. The minimum absolute atomic E-state index is 0.0671. The lowest BCUT2D eigenvalue weighted by molar-refractivity contribution is -0.169. The Morgan fingerprint density at radius 1 is 0.468 bits per heavy atom. The van der Waals surface area contributed by atoms with E-state index < -0.39 is 0 Å². The maximum Gasteiger partial charge on any atom is 0.157 e. The summed E-state index contributed by atoms with van der Waals surface area (Å²) in [5, 5.41) is 0. The number of anilines is 1. The molecule has 0 aromatic heterocycles. The van der Waals surface area contributed by atoms with E-state index >= 15 is 0 Å². The first-order valence-corrected chi connectivity index (χ1v) is 16.8. The van der Waals surface area contributed by atoms with E-state index in [9.17, 15) is 0 Å². The van der Waals surface area contributed by atoms with Crippen molar-refractivity contribution in [1.29, 1.82) is 0 Å². The Hall–Kier alpha value is -1.66. The van der Waals surface area contributed by atoms with Crippen molar-refractivity contribution >= 4 is 5.69 Å². The molecule has 1 heterocycles. The highest BCUT2D eigenvalue weighted by Crippen LogP contribution is 2.19. The largest absolute Gasteiger partial charge is 0.489 e. The van der Waals surface area contributed by atoms with Gasteiger partial charge in [0.1, 0.15) is 12.4 Å². The topological polar surface area (TPSA) is 146 Å². The zero-order chi connectivity index (χ0) is 33.1. The first-order valence-electron chi connectivity index (χ1n) is 16.8. The molecule has 14 nitrogen and oxygen atoms in total. The zero-order valence-electron chi connectivity index (χ0n) is 28.2. The summed E-state index contributed by atoms with van der Waals surface area (Å²) in [5.41, 5.74) is 6.44. The minimum Gasteiger partial charge on any atom is -0.489 e. The highest BCUT2D eigenvalue weighted by atomic mass is 16.7. The van der Waals surface area contributed by atoms with Gasteiger partial charge >= 0.3 is 0 Å². The van der Waals surface area contributed by atoms with Crippen molar-refractivity contribution in [3.63, 3.8) is 0 Å². The van der Waals surface area contributed by atoms with Crippen LogP contribution in [0.25, 0.3) is 0 Å². The first kappa shape index (κ1) is 41.5. The van der Waals surface area contributed by atoms with Crippen molar-refractivity contribution in [3.8, 4) is 5.75 Å². The molecule has 0 spiro atoms. The van der Waals surface area contributed by atoms with E-state index in [1.54, 1.807) is 6.07 Å². The van der Waals surface area contributed by atoms with Crippen LogP contribution in [0.2, 0.25) is 0 Å². The number of para-hydroxylation sites is 2. The summed E-state index contributed by atoms with van der Waals surface area (Å²) in [5.74, 6) is 0.669. The van der Waals surface area contributed by atoms with Crippen LogP contribution in [0.3, 0.4) is 0 Å². The molecule has 0 bridgehead atoms. The Morgan fingerprint density at radius 2 is 0.830 bits per heavy atom. The normalized spacial score (nSPS) is 14.9. The van der Waals surface area contributed by atoms with E-state index in [4.69, 9.17) is 67.3 Å². The molecule has 47 heavy (non-hydrogen) atoms. The van der Waals surface area contributed by atoms with Gasteiger partial charge in [-0.05, 0) is 31.4 Å². The van der Waals surface area contributed by atoms with Crippen molar-refractivity contribution < 1.29 is 61.6 Å². The molecule has 1 aromatic rings. The predicted molar refractivity (Wildman–Crippen MR) is 174 cm³/mol. The van der Waals surface area contributed by atoms with Gasteiger partial charge in [-0.1, -0.05) is 12.1 Å². The monoisotopic (exact) mass is 677 g/mol. The molecule has 0 saturated carbocycles. The van der Waals surface area contributed by atoms with E-state index in [1.165, 1.54) is 0 Å². The molecule has 1 atom stereocenters. The van der Waals surface area contributed by atoms with Crippen LogP contribution in [0.5, 0.6) is 5.75 Å². The second-order valence-electron chi connectivity index (χ2n) is 10.2. The molecule has 274 valence electrons. The molecule has 1 aromatic carbocycles. The van der Waals surface area contributed by atoms with Gasteiger partial charge < -0.3 is 67.3 Å². The van der Waals surface area contributed by atoms with Crippen molar-refractivity contribution in [2.45, 2.75) is 25.6 Å². The molecule has 0 radical (unpaired) electrons. The smallest absolute Gasteiger partial charge is 0.157 e. The van der Waals surface area contributed by atoms with Gasteiger partial charge in [0.25, 0.3) is 0 Å². The first-order chi connectivity index (χ1) is 23.4. The predicted octanol–water partition coefficient (Wildman–Crippen LogP) is 2.36. The van der Waals surface area contributed by atoms with E-state index in [0.717, 1.165) is 25.9 Å². The van der Waals surface area contributed by atoms with Crippen molar-refractivity contribution in [2.24, 2.45) is 0 Å². The quantitative estimate of drug-likeness (QED) is 0.0829. The zero-order valence-corrected chi connectivity index (χ0v) is 28.2. The molecule has 1 fully saturated rings. The molecule has 14 heteroatoms. The molecule has 0 amide bonds. The highest BCUT2D eigenvalue weighted by Gasteiger charge is 2.13. The fourth-order valence-electron chi connectivity index (χ4n) is 3.98. The molecule has 1 saturated heterocycles. The van der Waals surface area contributed by atoms with Gasteiger partial charge in [0.15, 0.2) is 6.29 Å². The molecular formula is C33H59NO13. The number of benzene rings is 1. The van der Waals surface area contributed by atoms with Crippen LogP contribution in [0.15, 0.2) is 24.3 Å². The Balaban J connectivity index is 1.13. The van der Waals surface area contributed by atoms with Gasteiger partial charge in [-0.2, -0.15) is 0 Å². The number of hydrogen-bond donors (Lipinski definition) is 1. The second-order valence-corrected chi connectivity index (χ2v) is 10.2. The number of rotatable bonds is 35. The van der Waals surface area contributed by atoms with Crippen LogP contribution in [-0.2, 0) is 56.8 Å². The summed E-state index contributed by atoms with van der Waals surface area (Å²) >= 11 is 0. The van der Waals surface area contributed by atoms with Crippen LogP contribution in [0, 0.1) is 0 Å². The third-order valence-corrected chi connectivity index (χ3v) is 6.42. The lowest BCUT2D eigenvalue weighted by Gasteiger charge is -2.22. The van der Waals surface area contributed by atoms with Crippen LogP contribution in [0.4, 0.5) is 5.69 Å². The third kappa shape index (κ3) is 26.9. The Kier molecular flexibility index (Phi) is 29.0. The van der Waals surface area contributed by atoms with Gasteiger partial charge in [0.2, 0.25) is 0 Å². The summed E-state index contributed by atoms with van der Waals surface area (Å²) < 4.78 is 71.5. The Bertz CT molecular complexity index is 789. The molecule has 1 unspecified atom stereocenters. The van der Waals surface area contributed by atoms with E-state index in [2.05, 4.69) is 0 Å². The van der Waals surface area contributed by atoms with E-state index in [-0.39, 0.29) is 6.29 Å². The third-order valence-electron chi connectivity index (χ3n) is 6.42. The van der Waals surface area contributed by atoms with Gasteiger partial charge in [0.05, 0.1) is 144 Å². The van der Waals surface area contributed by atoms with Crippen molar-refractivity contribution in [2.75, 3.05) is 158 Å². The minimum atomic E-state index is -0.0671. The SMILES string of the molecule is Nc1ccccc1OCCOCCOCCOCCOCCOCCOCCOCCOCCOCCOCCOC1CCCCO1. The molecule has 1 aliphatic heterocycles. The average molecular weight is 678 g/mol. The Morgan fingerprint density at radius 3 is 1.19 bits per heavy atom. The van der Waals surface area contributed by atoms with Gasteiger partial charge in [-0.15, -0.1) is 0 Å². The lowest BCUT2D eigenvalue weighted by atomic mass is 10.2. The molecule has 2 rings (SSSR count). The fourth-order valence-corrected chi connectivity index (χ4v) is 3.98. The van der Waals surface area contributed by atoms with Gasteiger partial charge in [0, 0.05) is 6.61 Å². The number of ether oxygens (including phenoxy) is 13. The van der Waals surface area contributed by atoms with Crippen LogP contribution in [0.1, 0.15) is 19.3 Å². The van der Waals surface area contributed by atoms with Crippen molar-refractivity contribution in [3.05, 3.63) is 24.3 Å². The molecule has 1 aliphatic rings. The summed E-state index contributed by atoms with van der Waals surface area (Å²) in [6, 6.07) is 7.38. The Labute approximate surface area is 280 Å². The maximum absolute atomic E-state index is 5.82. The molecular weight excluding hydrogens is 618 g/mol. The van der Waals surface area contributed by atoms with Gasteiger partial charge in [-0.3, -0.25) is 0 Å². The fraction of sp³-hybridized carbons (Fsp3) is 0.818. The summed E-state index contributed by atoms with van der Waals surface area (Å²) in [6.45, 7) is 12.0. The average Bonchev–Trinajstić information content (AvgIpc) is 3.09. The molecule has 0 aliphatic carbocycles. The number of nitrogens with two attached hydrogens (primary N) is 1. The summed E-state index contributed by atoms with van der Waals surface area (Å²) in [6.07, 6.45) is 3.19. The standard InChI is InChI=1S/C33H59NO13/c34-31-5-1-2-6-32(31)45-29-27-43-25-23-41-21-19-39-17-15-37-13-11-35-9-10-36-12-14-38-16-18-40-20-22-42-24-26-44-28-30-47-33-7-3-4-8-46-33/h1-2,5-6,33H,3-4,7-30,34H2. The highest BCUT2D eigenvalue weighted by molar-refractivity contribution is 5.51. The summed E-state index contributed by atoms with van der Waals surface area (Å²) in [4.78, 5) is 0.